The van der Waals surface area contributed by atoms with E-state index in [2.05, 4.69) is 22.3 Å². The summed E-state index contributed by atoms with van der Waals surface area (Å²) in [6, 6.07) is 4.42. The predicted octanol–water partition coefficient (Wildman–Crippen LogP) is 2.04. The van der Waals surface area contributed by atoms with Gasteiger partial charge in [-0.05, 0) is 31.4 Å². The molecular weight excluding hydrogens is 296 g/mol. The number of fused-ring (bicyclic) bond motifs is 1. The van der Waals surface area contributed by atoms with Gasteiger partial charge in [0.05, 0.1) is 17.8 Å². The van der Waals surface area contributed by atoms with Gasteiger partial charge in [-0.15, -0.1) is 16.4 Å². The molecule has 0 amide bonds. The molecule has 0 saturated heterocycles. The van der Waals surface area contributed by atoms with E-state index in [0.29, 0.717) is 35.0 Å². The molecule has 0 aromatic carbocycles. The quantitative estimate of drug-likeness (QED) is 0.864. The lowest BCUT2D eigenvalue weighted by molar-refractivity contribution is 0.718. The largest absolute Gasteiger partial charge is 0.389 e. The first-order valence-electron chi connectivity index (χ1n) is 6.85. The fourth-order valence-corrected chi connectivity index (χ4v) is 3.76. The molecule has 0 saturated carbocycles. The van der Waals surface area contributed by atoms with Gasteiger partial charge in [0, 0.05) is 11.4 Å². The standard InChI is InChI=1S/C15H14N6S/c1-8-9(2)19-20-15(11(8)5-16)21-4-3-10-12(6-17)14(18)22-13(10)7-21/h3-4,7,18H2,1-2H3. The van der Waals surface area contributed by atoms with Crippen molar-refractivity contribution in [1.29, 1.82) is 10.5 Å². The van der Waals surface area contributed by atoms with Gasteiger partial charge in [0.2, 0.25) is 0 Å². The second-order valence-corrected chi connectivity index (χ2v) is 6.38. The van der Waals surface area contributed by atoms with Crippen LogP contribution in [0.1, 0.15) is 32.8 Å². The monoisotopic (exact) mass is 310 g/mol. The van der Waals surface area contributed by atoms with E-state index in [0.717, 1.165) is 28.1 Å². The van der Waals surface area contributed by atoms with E-state index in [1.165, 1.54) is 11.3 Å². The summed E-state index contributed by atoms with van der Waals surface area (Å²) in [5.41, 5.74) is 9.76. The van der Waals surface area contributed by atoms with Crippen LogP contribution in [0.2, 0.25) is 0 Å². The van der Waals surface area contributed by atoms with Crippen LogP contribution in [0.15, 0.2) is 0 Å². The number of thiophene rings is 1. The van der Waals surface area contributed by atoms with Gasteiger partial charge in [-0.25, -0.2) is 0 Å². The lowest BCUT2D eigenvalue weighted by atomic mass is 10.0. The molecule has 6 nitrogen and oxygen atoms in total. The van der Waals surface area contributed by atoms with E-state index in [1.807, 2.05) is 18.7 Å². The summed E-state index contributed by atoms with van der Waals surface area (Å²) in [7, 11) is 0. The van der Waals surface area contributed by atoms with Crippen LogP contribution in [0.4, 0.5) is 10.8 Å². The molecule has 2 aromatic rings. The molecule has 1 aliphatic rings. The Bertz CT molecular complexity index is 839. The van der Waals surface area contributed by atoms with E-state index >= 15 is 0 Å². The summed E-state index contributed by atoms with van der Waals surface area (Å²) < 4.78 is 0. The van der Waals surface area contributed by atoms with Gasteiger partial charge < -0.3 is 10.6 Å². The Kier molecular flexibility index (Phi) is 3.44. The van der Waals surface area contributed by atoms with E-state index in [9.17, 15) is 10.5 Å². The molecule has 0 atom stereocenters. The van der Waals surface area contributed by atoms with Gasteiger partial charge in [-0.1, -0.05) is 0 Å². The average molecular weight is 310 g/mol. The lowest BCUT2D eigenvalue weighted by Gasteiger charge is -2.28. The van der Waals surface area contributed by atoms with Crippen molar-refractivity contribution in [2.75, 3.05) is 17.2 Å². The highest BCUT2D eigenvalue weighted by Gasteiger charge is 2.26. The van der Waals surface area contributed by atoms with Crippen LogP contribution >= 0.6 is 11.3 Å². The molecule has 0 aliphatic carbocycles. The average Bonchev–Trinajstić information content (AvgIpc) is 2.83. The molecule has 0 unspecified atom stereocenters. The highest BCUT2D eigenvalue weighted by atomic mass is 32.1. The maximum atomic E-state index is 9.43. The zero-order valence-electron chi connectivity index (χ0n) is 12.3. The normalized spacial score (nSPS) is 13.4. The maximum absolute atomic E-state index is 9.43. The Hall–Kier alpha value is -2.64. The Labute approximate surface area is 132 Å². The molecule has 3 rings (SSSR count). The molecule has 2 aromatic heterocycles. The van der Waals surface area contributed by atoms with Crippen molar-refractivity contribution in [1.82, 2.24) is 10.2 Å². The molecule has 0 fully saturated rings. The number of anilines is 2. The minimum absolute atomic E-state index is 0.570. The van der Waals surface area contributed by atoms with Gasteiger partial charge in [-0.2, -0.15) is 15.6 Å². The van der Waals surface area contributed by atoms with Crippen LogP contribution < -0.4 is 10.6 Å². The van der Waals surface area contributed by atoms with Crippen LogP contribution in [0.25, 0.3) is 0 Å². The first kappa shape index (κ1) is 14.3. The minimum Gasteiger partial charge on any atom is -0.389 e. The summed E-state index contributed by atoms with van der Waals surface area (Å²) in [6.07, 6.45) is 0.728. The molecular formula is C15H14N6S. The number of hydrogen-bond acceptors (Lipinski definition) is 7. The van der Waals surface area contributed by atoms with E-state index in [1.54, 1.807) is 0 Å². The highest BCUT2D eigenvalue weighted by Crippen LogP contribution is 2.36. The number of nitrogens with zero attached hydrogens (tertiary/aromatic N) is 5. The smallest absolute Gasteiger partial charge is 0.169 e. The third-order valence-electron chi connectivity index (χ3n) is 4.04. The lowest BCUT2D eigenvalue weighted by Crippen LogP contribution is -2.31. The van der Waals surface area contributed by atoms with Crippen molar-refractivity contribution < 1.29 is 0 Å². The summed E-state index contributed by atoms with van der Waals surface area (Å²) in [5.74, 6) is 0.613. The Balaban J connectivity index is 2.02. The third-order valence-corrected chi connectivity index (χ3v) is 5.09. The number of aromatic nitrogens is 2. The van der Waals surface area contributed by atoms with Crippen LogP contribution in [-0.2, 0) is 13.0 Å². The van der Waals surface area contributed by atoms with Crippen LogP contribution in [-0.4, -0.2) is 16.7 Å². The van der Waals surface area contributed by atoms with Gasteiger partial charge >= 0.3 is 0 Å². The van der Waals surface area contributed by atoms with Crippen molar-refractivity contribution in [3.8, 4) is 12.1 Å². The molecule has 0 radical (unpaired) electrons. The molecule has 7 heteroatoms. The van der Waals surface area contributed by atoms with Crippen molar-refractivity contribution in [2.45, 2.75) is 26.8 Å². The van der Waals surface area contributed by atoms with Crippen molar-refractivity contribution in [2.24, 2.45) is 0 Å². The minimum atomic E-state index is 0.570. The second-order valence-electron chi connectivity index (χ2n) is 5.25. The third kappa shape index (κ3) is 2.07. The predicted molar refractivity (Wildman–Crippen MR) is 84.4 cm³/mol. The first-order valence-corrected chi connectivity index (χ1v) is 7.67. The molecule has 0 spiro atoms. The van der Waals surface area contributed by atoms with E-state index in [4.69, 9.17) is 5.73 Å². The van der Waals surface area contributed by atoms with Crippen LogP contribution in [0, 0.1) is 36.5 Å². The molecule has 2 N–H and O–H groups in total. The molecule has 22 heavy (non-hydrogen) atoms. The van der Waals surface area contributed by atoms with Gasteiger partial charge in [-0.3, -0.25) is 0 Å². The van der Waals surface area contributed by atoms with Crippen molar-refractivity contribution >= 4 is 22.2 Å². The maximum Gasteiger partial charge on any atom is 0.169 e. The summed E-state index contributed by atoms with van der Waals surface area (Å²) in [4.78, 5) is 3.11. The topological polar surface area (TPSA) is 103 Å². The Morgan fingerprint density at radius 3 is 2.59 bits per heavy atom. The van der Waals surface area contributed by atoms with E-state index in [-0.39, 0.29) is 0 Å². The zero-order chi connectivity index (χ0) is 15.9. The first-order chi connectivity index (χ1) is 10.6. The second kappa shape index (κ2) is 5.28. The summed E-state index contributed by atoms with van der Waals surface area (Å²) in [6.45, 7) is 5.04. The molecule has 110 valence electrons. The van der Waals surface area contributed by atoms with Gasteiger partial charge in [0.25, 0.3) is 0 Å². The van der Waals surface area contributed by atoms with Crippen LogP contribution in [0.3, 0.4) is 0 Å². The van der Waals surface area contributed by atoms with Gasteiger partial charge in [0.1, 0.15) is 22.7 Å². The summed E-state index contributed by atoms with van der Waals surface area (Å²) >= 11 is 1.44. The Morgan fingerprint density at radius 1 is 1.18 bits per heavy atom. The number of aryl methyl sites for hydroxylation is 1. The van der Waals surface area contributed by atoms with Crippen molar-refractivity contribution in [3.05, 3.63) is 32.8 Å². The molecule has 3 heterocycles. The number of nitrogen functional groups attached to an aromatic ring is 1. The SMILES string of the molecule is Cc1nnc(N2CCc3c(sc(N)c3C#N)C2)c(C#N)c1C. The van der Waals surface area contributed by atoms with Crippen LogP contribution in [0.5, 0.6) is 0 Å². The summed E-state index contributed by atoms with van der Waals surface area (Å²) in [5, 5.41) is 27.6. The van der Waals surface area contributed by atoms with Gasteiger partial charge in [0.15, 0.2) is 5.82 Å². The molecule has 0 bridgehead atoms. The Morgan fingerprint density at radius 2 is 1.91 bits per heavy atom. The molecule has 1 aliphatic heterocycles. The number of rotatable bonds is 1. The highest BCUT2D eigenvalue weighted by molar-refractivity contribution is 7.16. The fraction of sp³-hybridized carbons (Fsp3) is 0.333. The van der Waals surface area contributed by atoms with Crippen molar-refractivity contribution in [3.63, 3.8) is 0 Å². The number of nitriles is 2. The number of hydrogen-bond donors (Lipinski definition) is 1. The zero-order valence-corrected chi connectivity index (χ0v) is 13.2. The van der Waals surface area contributed by atoms with E-state index < -0.39 is 0 Å². The number of nitrogens with two attached hydrogens (primary N) is 1. The fourth-order valence-electron chi connectivity index (χ4n) is 2.68.